The lowest BCUT2D eigenvalue weighted by Gasteiger charge is -2.33. The average molecular weight is 650 g/mol. The van der Waals surface area contributed by atoms with Crippen LogP contribution < -0.4 is 0 Å². The number of hydrogen-bond acceptors (Lipinski definition) is 0. The number of benzene rings is 7. The van der Waals surface area contributed by atoms with Gasteiger partial charge >= 0.3 is 0 Å². The van der Waals surface area contributed by atoms with Crippen LogP contribution >= 0.6 is 0 Å². The van der Waals surface area contributed by atoms with Gasteiger partial charge in [0, 0.05) is 16.3 Å². The molecule has 2 aliphatic carbocycles. The van der Waals surface area contributed by atoms with Crippen molar-refractivity contribution in [3.8, 4) is 39.1 Å². The minimum atomic E-state index is -0.448. The van der Waals surface area contributed by atoms with E-state index in [0.717, 1.165) is 0 Å². The maximum atomic E-state index is 4.01. The molecule has 0 fully saturated rings. The summed E-state index contributed by atoms with van der Waals surface area (Å²) in [7, 11) is 0. The van der Waals surface area contributed by atoms with Gasteiger partial charge in [0.1, 0.15) is 0 Å². The summed E-state index contributed by atoms with van der Waals surface area (Å²) in [4.78, 5) is 0. The predicted molar refractivity (Wildman–Crippen MR) is 215 cm³/mol. The molecule has 0 amide bonds. The van der Waals surface area contributed by atoms with Gasteiger partial charge in [-0.15, -0.1) is 0 Å². The summed E-state index contributed by atoms with van der Waals surface area (Å²) in [5, 5.41) is 2.50. The van der Waals surface area contributed by atoms with Crippen molar-refractivity contribution in [2.45, 2.75) is 12.3 Å². The van der Waals surface area contributed by atoms with E-state index >= 15 is 0 Å². The van der Waals surface area contributed by atoms with Gasteiger partial charge in [-0.1, -0.05) is 158 Å². The lowest BCUT2D eigenvalue weighted by atomic mass is 9.69. The molecule has 7 aromatic carbocycles. The van der Waals surface area contributed by atoms with Crippen LogP contribution in [0.25, 0.3) is 66.4 Å². The highest BCUT2D eigenvalue weighted by molar-refractivity contribution is 6.12. The first-order valence-electron chi connectivity index (χ1n) is 17.7. The quantitative estimate of drug-likeness (QED) is 0.164. The molecular formula is C50H35N. The fraction of sp³-hybridized carbons (Fsp3) is 0.0400. The van der Waals surface area contributed by atoms with Crippen LogP contribution in [-0.2, 0) is 5.41 Å². The van der Waals surface area contributed by atoms with E-state index in [9.17, 15) is 0 Å². The number of fused-ring (bicyclic) bond motifs is 10. The molecule has 1 spiro atoms. The van der Waals surface area contributed by atoms with Crippen LogP contribution in [0.4, 0.5) is 0 Å². The van der Waals surface area contributed by atoms with Gasteiger partial charge in [0.2, 0.25) is 0 Å². The molecular weight excluding hydrogens is 615 g/mol. The molecule has 0 aliphatic heterocycles. The molecule has 1 nitrogen and oxygen atoms in total. The van der Waals surface area contributed by atoms with E-state index in [4.69, 9.17) is 0 Å². The maximum absolute atomic E-state index is 4.01. The summed E-state index contributed by atoms with van der Waals surface area (Å²) < 4.78 is 2.54. The van der Waals surface area contributed by atoms with E-state index in [1.165, 1.54) is 94.3 Å². The Morgan fingerprint density at radius 3 is 1.65 bits per heavy atom. The Labute approximate surface area is 298 Å². The molecule has 10 rings (SSSR count). The lowest BCUT2D eigenvalue weighted by Crippen LogP contribution is -2.28. The van der Waals surface area contributed by atoms with E-state index < -0.39 is 5.41 Å². The van der Waals surface area contributed by atoms with Gasteiger partial charge in [0.05, 0.1) is 22.1 Å². The van der Waals surface area contributed by atoms with Gasteiger partial charge < -0.3 is 4.57 Å². The van der Waals surface area contributed by atoms with E-state index in [1.54, 1.807) is 0 Å². The highest BCUT2D eigenvalue weighted by atomic mass is 15.0. The molecule has 1 unspecified atom stereocenters. The lowest BCUT2D eigenvalue weighted by molar-refractivity contribution is 0.760. The Morgan fingerprint density at radius 2 is 1.04 bits per heavy atom. The van der Waals surface area contributed by atoms with Crippen molar-refractivity contribution in [2.75, 3.05) is 0 Å². The minimum Gasteiger partial charge on any atom is -0.309 e. The van der Waals surface area contributed by atoms with Gasteiger partial charge in [-0.05, 0) is 98.5 Å². The summed E-state index contributed by atoms with van der Waals surface area (Å²) in [6, 6.07) is 60.4. The number of hydrogen-bond donors (Lipinski definition) is 0. The average Bonchev–Trinajstić information content (AvgIpc) is 3.78. The normalized spacial score (nSPS) is 15.9. The summed E-state index contributed by atoms with van der Waals surface area (Å²) in [6.07, 6.45) is 6.20. The topological polar surface area (TPSA) is 4.93 Å². The number of rotatable bonds is 5. The van der Waals surface area contributed by atoms with Crippen LogP contribution in [0.2, 0.25) is 0 Å². The Bertz CT molecular complexity index is 2660. The SMILES string of the molecule is C=C/C=C\C1=C(C)C2(c3ccccc31)c1ccccc1-c1cccc(-n3c4ccc(-c5ccccc5)cc4c4cc(-c5ccccc5)ccc43)c12. The number of nitrogens with zero attached hydrogens (tertiary/aromatic N) is 1. The third-order valence-corrected chi connectivity index (χ3v) is 11.2. The predicted octanol–water partition coefficient (Wildman–Crippen LogP) is 13.0. The molecule has 0 radical (unpaired) electrons. The van der Waals surface area contributed by atoms with Gasteiger partial charge in [-0.2, -0.15) is 0 Å². The monoisotopic (exact) mass is 649 g/mol. The number of allylic oxidation sites excluding steroid dienone is 5. The summed E-state index contributed by atoms with van der Waals surface area (Å²) in [6.45, 7) is 6.35. The highest BCUT2D eigenvalue weighted by Crippen LogP contribution is 2.63. The summed E-state index contributed by atoms with van der Waals surface area (Å²) in [5.41, 5.74) is 18.6. The molecule has 1 heteroatoms. The summed E-state index contributed by atoms with van der Waals surface area (Å²) in [5.74, 6) is 0. The van der Waals surface area contributed by atoms with Crippen LogP contribution in [0.15, 0.2) is 194 Å². The maximum Gasteiger partial charge on any atom is 0.0706 e. The third kappa shape index (κ3) is 4.09. The van der Waals surface area contributed by atoms with Crippen molar-refractivity contribution < 1.29 is 0 Å². The molecule has 240 valence electrons. The Balaban J connectivity index is 1.33. The molecule has 1 heterocycles. The van der Waals surface area contributed by atoms with E-state index in [2.05, 4.69) is 194 Å². The Hall–Kier alpha value is -6.44. The zero-order valence-corrected chi connectivity index (χ0v) is 28.5. The first-order chi connectivity index (χ1) is 25.2. The van der Waals surface area contributed by atoms with Crippen molar-refractivity contribution in [1.82, 2.24) is 4.57 Å². The second-order valence-electron chi connectivity index (χ2n) is 13.7. The summed E-state index contributed by atoms with van der Waals surface area (Å²) >= 11 is 0. The van der Waals surface area contributed by atoms with Gasteiger partial charge in [-0.3, -0.25) is 0 Å². The fourth-order valence-corrected chi connectivity index (χ4v) is 9.13. The van der Waals surface area contributed by atoms with Crippen molar-refractivity contribution in [1.29, 1.82) is 0 Å². The van der Waals surface area contributed by atoms with E-state index in [0.29, 0.717) is 0 Å². The fourth-order valence-electron chi connectivity index (χ4n) is 9.13. The largest absolute Gasteiger partial charge is 0.309 e. The van der Waals surface area contributed by atoms with Gasteiger partial charge in [0.25, 0.3) is 0 Å². The second-order valence-corrected chi connectivity index (χ2v) is 13.7. The highest BCUT2D eigenvalue weighted by Gasteiger charge is 2.52. The molecule has 2 aliphatic rings. The van der Waals surface area contributed by atoms with Gasteiger partial charge in [0.15, 0.2) is 0 Å². The van der Waals surface area contributed by atoms with Gasteiger partial charge in [-0.25, -0.2) is 0 Å². The van der Waals surface area contributed by atoms with Crippen LogP contribution in [0, 0.1) is 0 Å². The van der Waals surface area contributed by atoms with Crippen LogP contribution in [-0.4, -0.2) is 4.57 Å². The van der Waals surface area contributed by atoms with E-state index in [-0.39, 0.29) is 0 Å². The minimum absolute atomic E-state index is 0.448. The molecule has 51 heavy (non-hydrogen) atoms. The molecule has 1 atom stereocenters. The van der Waals surface area contributed by atoms with Crippen molar-refractivity contribution in [2.24, 2.45) is 0 Å². The Kier molecular flexibility index (Phi) is 6.53. The van der Waals surface area contributed by atoms with Crippen molar-refractivity contribution in [3.63, 3.8) is 0 Å². The zero-order valence-electron chi connectivity index (χ0n) is 28.5. The second kappa shape index (κ2) is 11.3. The molecule has 0 saturated heterocycles. The van der Waals surface area contributed by atoms with Crippen molar-refractivity contribution >= 4 is 27.4 Å². The smallest absolute Gasteiger partial charge is 0.0706 e. The third-order valence-electron chi connectivity index (χ3n) is 11.2. The molecule has 0 N–H and O–H groups in total. The van der Waals surface area contributed by atoms with Crippen LogP contribution in [0.3, 0.4) is 0 Å². The first kappa shape index (κ1) is 29.5. The zero-order chi connectivity index (χ0) is 34.1. The van der Waals surface area contributed by atoms with Crippen molar-refractivity contribution in [3.05, 3.63) is 216 Å². The molecule has 0 saturated carbocycles. The molecule has 1 aromatic heterocycles. The van der Waals surface area contributed by atoms with Crippen LogP contribution in [0.1, 0.15) is 29.2 Å². The standard InChI is InChI=1S/C50H35N/c1-3-4-20-38-33(2)50(44-24-13-11-21-39(38)44)45-25-14-12-22-40(45)41-23-15-26-48(49(41)50)51-46-29-27-36(34-16-7-5-8-17-34)31-42(46)43-32-37(28-30-47(43)51)35-18-9-6-10-19-35/h3-32H,1H2,2H3/b20-4-. The molecule has 8 aromatic rings. The molecule has 0 bridgehead atoms. The first-order valence-corrected chi connectivity index (χ1v) is 17.7. The van der Waals surface area contributed by atoms with Crippen LogP contribution in [0.5, 0.6) is 0 Å². The van der Waals surface area contributed by atoms with E-state index in [1.807, 2.05) is 6.08 Å². The Morgan fingerprint density at radius 1 is 0.510 bits per heavy atom. The number of aromatic nitrogens is 1.